The smallest absolute Gasteiger partial charge is 0.387 e. The molecule has 1 aromatic rings. The zero-order valence-electron chi connectivity index (χ0n) is 11.0. The number of halogens is 2. The van der Waals surface area contributed by atoms with E-state index >= 15 is 0 Å². The lowest BCUT2D eigenvalue weighted by Crippen LogP contribution is -2.42. The van der Waals surface area contributed by atoms with E-state index in [1.807, 2.05) is 0 Å². The average molecular weight is 286 g/mol. The van der Waals surface area contributed by atoms with Crippen LogP contribution in [0.5, 0.6) is 11.5 Å². The van der Waals surface area contributed by atoms with Crippen LogP contribution in [0.3, 0.4) is 0 Å². The zero-order valence-corrected chi connectivity index (χ0v) is 11.0. The highest BCUT2D eigenvalue weighted by Gasteiger charge is 2.45. The lowest BCUT2D eigenvalue weighted by atomic mass is 10.1. The van der Waals surface area contributed by atoms with Crippen LogP contribution in [0.1, 0.15) is 18.4 Å². The first kappa shape index (κ1) is 14.5. The summed E-state index contributed by atoms with van der Waals surface area (Å²) in [7, 11) is 1.46. The molecule has 0 aromatic heterocycles. The van der Waals surface area contributed by atoms with Crippen LogP contribution in [-0.2, 0) is 11.3 Å². The Morgan fingerprint density at radius 2 is 2.20 bits per heavy atom. The Morgan fingerprint density at radius 3 is 2.75 bits per heavy atom. The molecule has 0 aliphatic heterocycles. The number of nitrogens with one attached hydrogen (secondary N) is 1. The van der Waals surface area contributed by atoms with E-state index in [4.69, 9.17) is 10.5 Å². The average Bonchev–Trinajstić information content (AvgIpc) is 3.16. The number of rotatable bonds is 6. The number of benzene rings is 1. The summed E-state index contributed by atoms with van der Waals surface area (Å²) in [6.07, 6.45) is 1.27. The molecule has 0 radical (unpaired) electrons. The van der Waals surface area contributed by atoms with Crippen molar-refractivity contribution in [3.63, 3.8) is 0 Å². The number of hydrogen-bond acceptors (Lipinski definition) is 4. The monoisotopic (exact) mass is 286 g/mol. The van der Waals surface area contributed by atoms with Crippen LogP contribution >= 0.6 is 0 Å². The number of methoxy groups -OCH3 is 1. The first-order chi connectivity index (χ1) is 9.44. The molecule has 0 bridgehead atoms. The Bertz CT molecular complexity index is 504. The number of alkyl halides is 2. The van der Waals surface area contributed by atoms with Gasteiger partial charge in [0.1, 0.15) is 11.5 Å². The van der Waals surface area contributed by atoms with Crippen molar-refractivity contribution < 1.29 is 23.0 Å². The van der Waals surface area contributed by atoms with Crippen LogP contribution in [0, 0.1) is 0 Å². The fourth-order valence-electron chi connectivity index (χ4n) is 1.75. The van der Waals surface area contributed by atoms with Gasteiger partial charge in [-0.25, -0.2) is 0 Å². The molecule has 7 heteroatoms. The van der Waals surface area contributed by atoms with Crippen molar-refractivity contribution in [1.82, 2.24) is 5.32 Å². The van der Waals surface area contributed by atoms with Crippen molar-refractivity contribution >= 4 is 5.91 Å². The van der Waals surface area contributed by atoms with Crippen LogP contribution in [0.4, 0.5) is 8.78 Å². The van der Waals surface area contributed by atoms with E-state index in [2.05, 4.69) is 10.1 Å². The quantitative estimate of drug-likeness (QED) is 0.829. The van der Waals surface area contributed by atoms with Gasteiger partial charge in [0.2, 0.25) is 5.91 Å². The zero-order chi connectivity index (χ0) is 14.8. The molecule has 1 aromatic carbocycles. The third-order valence-corrected chi connectivity index (χ3v) is 3.16. The highest BCUT2D eigenvalue weighted by molar-refractivity contribution is 5.88. The van der Waals surface area contributed by atoms with Crippen molar-refractivity contribution in [2.75, 3.05) is 7.11 Å². The molecule has 3 N–H and O–H groups in total. The van der Waals surface area contributed by atoms with Gasteiger partial charge in [-0.15, -0.1) is 0 Å². The van der Waals surface area contributed by atoms with Gasteiger partial charge in [0.15, 0.2) is 0 Å². The van der Waals surface area contributed by atoms with E-state index in [9.17, 15) is 13.6 Å². The van der Waals surface area contributed by atoms with Gasteiger partial charge in [-0.05, 0) is 31.0 Å². The Hall–Kier alpha value is -1.89. The maximum atomic E-state index is 12.3. The van der Waals surface area contributed by atoms with Crippen molar-refractivity contribution in [3.05, 3.63) is 23.8 Å². The second kappa shape index (κ2) is 5.62. The van der Waals surface area contributed by atoms with E-state index in [0.29, 0.717) is 24.2 Å². The highest BCUT2D eigenvalue weighted by Crippen LogP contribution is 2.32. The van der Waals surface area contributed by atoms with Crippen molar-refractivity contribution in [3.8, 4) is 11.5 Å². The van der Waals surface area contributed by atoms with Gasteiger partial charge in [0.05, 0.1) is 12.6 Å². The Morgan fingerprint density at radius 1 is 1.50 bits per heavy atom. The molecule has 0 saturated heterocycles. The third-order valence-electron chi connectivity index (χ3n) is 3.16. The second-order valence-corrected chi connectivity index (χ2v) is 4.69. The molecule has 1 fully saturated rings. The molecule has 0 unspecified atom stereocenters. The Labute approximate surface area is 115 Å². The predicted molar refractivity (Wildman–Crippen MR) is 67.6 cm³/mol. The molecule has 1 aliphatic rings. The highest BCUT2D eigenvalue weighted by atomic mass is 19.3. The van der Waals surface area contributed by atoms with E-state index in [1.54, 1.807) is 0 Å². The topological polar surface area (TPSA) is 73.6 Å². The van der Waals surface area contributed by atoms with Gasteiger partial charge < -0.3 is 20.5 Å². The largest absolute Gasteiger partial charge is 0.497 e. The number of carbonyl (C=O) groups is 1. The first-order valence-corrected chi connectivity index (χ1v) is 6.13. The fraction of sp³-hybridized carbons (Fsp3) is 0.462. The molecule has 1 amide bonds. The Balaban J connectivity index is 2.08. The van der Waals surface area contributed by atoms with Crippen LogP contribution in [0.15, 0.2) is 18.2 Å². The van der Waals surface area contributed by atoms with E-state index in [1.165, 1.54) is 25.3 Å². The first-order valence-electron chi connectivity index (χ1n) is 6.13. The molecular weight excluding hydrogens is 270 g/mol. The molecular formula is C13H16F2N2O3. The summed E-state index contributed by atoms with van der Waals surface area (Å²) < 4.78 is 34.1. The van der Waals surface area contributed by atoms with Crippen LogP contribution in [-0.4, -0.2) is 25.2 Å². The van der Waals surface area contributed by atoms with E-state index < -0.39 is 12.2 Å². The van der Waals surface area contributed by atoms with Crippen LogP contribution in [0.25, 0.3) is 0 Å². The summed E-state index contributed by atoms with van der Waals surface area (Å²) in [5, 5.41) is 2.62. The normalized spacial score (nSPS) is 15.8. The fourth-order valence-corrected chi connectivity index (χ4v) is 1.75. The maximum absolute atomic E-state index is 12.3. The van der Waals surface area contributed by atoms with E-state index in [-0.39, 0.29) is 18.2 Å². The number of ether oxygens (including phenoxy) is 2. The number of carbonyl (C=O) groups excluding carboxylic acids is 1. The second-order valence-electron chi connectivity index (χ2n) is 4.69. The molecule has 20 heavy (non-hydrogen) atoms. The van der Waals surface area contributed by atoms with Gasteiger partial charge in [0, 0.05) is 12.1 Å². The minimum atomic E-state index is -2.93. The van der Waals surface area contributed by atoms with Crippen molar-refractivity contribution in [2.24, 2.45) is 5.73 Å². The lowest BCUT2D eigenvalue weighted by Gasteiger charge is -2.14. The number of nitrogens with two attached hydrogens (primary N) is 1. The standard InChI is InChI=1S/C13H16F2N2O3/c1-19-9-2-3-10(20-12(14)15)8(6-9)7-17-11(18)13(16)4-5-13/h2-3,6,12H,4-5,7,16H2,1H3,(H,17,18). The molecule has 1 saturated carbocycles. The van der Waals surface area contributed by atoms with Crippen LogP contribution in [0.2, 0.25) is 0 Å². The van der Waals surface area contributed by atoms with Gasteiger partial charge in [-0.2, -0.15) is 8.78 Å². The molecule has 2 rings (SSSR count). The molecule has 0 heterocycles. The predicted octanol–water partition coefficient (Wildman–Crippen LogP) is 1.40. The number of amides is 1. The molecule has 110 valence electrons. The summed E-state index contributed by atoms with van der Waals surface area (Å²) >= 11 is 0. The SMILES string of the molecule is COc1ccc(OC(F)F)c(CNC(=O)C2(N)CC2)c1. The molecule has 1 aliphatic carbocycles. The van der Waals surface area contributed by atoms with Gasteiger partial charge >= 0.3 is 6.61 Å². The lowest BCUT2D eigenvalue weighted by molar-refractivity contribution is -0.123. The van der Waals surface area contributed by atoms with Crippen molar-refractivity contribution in [1.29, 1.82) is 0 Å². The molecule has 0 spiro atoms. The summed E-state index contributed by atoms with van der Waals surface area (Å²) in [5.74, 6) is 0.205. The molecule has 0 atom stereocenters. The van der Waals surface area contributed by atoms with E-state index in [0.717, 1.165) is 0 Å². The number of hydrogen-bond donors (Lipinski definition) is 2. The summed E-state index contributed by atoms with van der Waals surface area (Å²) in [6, 6.07) is 4.42. The minimum absolute atomic E-state index is 0.00275. The maximum Gasteiger partial charge on any atom is 0.387 e. The van der Waals surface area contributed by atoms with Gasteiger partial charge in [0.25, 0.3) is 0 Å². The molecule has 5 nitrogen and oxygen atoms in total. The Kier molecular flexibility index (Phi) is 4.08. The summed E-state index contributed by atoms with van der Waals surface area (Å²) in [6.45, 7) is -2.88. The van der Waals surface area contributed by atoms with Crippen molar-refractivity contribution in [2.45, 2.75) is 31.5 Å². The summed E-state index contributed by atoms with van der Waals surface area (Å²) in [4.78, 5) is 11.7. The van der Waals surface area contributed by atoms with Gasteiger partial charge in [-0.3, -0.25) is 4.79 Å². The van der Waals surface area contributed by atoms with Crippen LogP contribution < -0.4 is 20.5 Å². The van der Waals surface area contributed by atoms with Gasteiger partial charge in [-0.1, -0.05) is 0 Å². The summed E-state index contributed by atoms with van der Waals surface area (Å²) in [5.41, 5.74) is 5.34. The third kappa shape index (κ3) is 3.36. The minimum Gasteiger partial charge on any atom is -0.497 e.